The third-order valence-electron chi connectivity index (χ3n) is 3.71. The molecule has 0 radical (unpaired) electrons. The van der Waals surface area contributed by atoms with Crippen molar-refractivity contribution in [2.24, 2.45) is 0 Å². The SMILES string of the molecule is CCn1nc(C)c(C(=O)Nc2nc3ccc(OC(F)F)cc3s2)c1C. The van der Waals surface area contributed by atoms with Crippen molar-refractivity contribution in [3.8, 4) is 5.75 Å². The van der Waals surface area contributed by atoms with Crippen molar-refractivity contribution in [2.45, 2.75) is 33.9 Å². The fraction of sp³-hybridized carbons (Fsp3) is 0.312. The highest BCUT2D eigenvalue weighted by Crippen LogP contribution is 2.30. The summed E-state index contributed by atoms with van der Waals surface area (Å²) in [6, 6.07) is 4.46. The van der Waals surface area contributed by atoms with Crippen LogP contribution in [0.3, 0.4) is 0 Å². The van der Waals surface area contributed by atoms with E-state index in [1.165, 1.54) is 23.5 Å². The van der Waals surface area contributed by atoms with Crippen molar-refractivity contribution in [1.82, 2.24) is 14.8 Å². The summed E-state index contributed by atoms with van der Waals surface area (Å²) in [6.45, 7) is 3.36. The van der Waals surface area contributed by atoms with Gasteiger partial charge in [-0.25, -0.2) is 4.98 Å². The number of halogens is 2. The summed E-state index contributed by atoms with van der Waals surface area (Å²) >= 11 is 1.19. The molecule has 0 spiro atoms. The number of rotatable bonds is 5. The number of amides is 1. The van der Waals surface area contributed by atoms with Crippen LogP contribution in [0.2, 0.25) is 0 Å². The van der Waals surface area contributed by atoms with Gasteiger partial charge in [0.15, 0.2) is 5.13 Å². The summed E-state index contributed by atoms with van der Waals surface area (Å²) in [5.41, 5.74) is 2.54. The normalized spacial score (nSPS) is 11.3. The maximum Gasteiger partial charge on any atom is 0.387 e. The summed E-state index contributed by atoms with van der Waals surface area (Å²) in [5, 5.41) is 7.46. The Morgan fingerprint density at radius 2 is 2.16 bits per heavy atom. The van der Waals surface area contributed by atoms with Crippen molar-refractivity contribution in [2.75, 3.05) is 5.32 Å². The fourth-order valence-electron chi connectivity index (χ4n) is 2.63. The second-order valence-corrected chi connectivity index (χ2v) is 6.37. The Kier molecular flexibility index (Phi) is 4.67. The molecule has 0 fully saturated rings. The van der Waals surface area contributed by atoms with Crippen molar-refractivity contribution in [1.29, 1.82) is 0 Å². The maximum atomic E-state index is 12.6. The number of ether oxygens (including phenoxy) is 1. The molecule has 0 atom stereocenters. The number of fused-ring (bicyclic) bond motifs is 1. The van der Waals surface area contributed by atoms with E-state index in [0.717, 1.165) is 5.69 Å². The monoisotopic (exact) mass is 366 g/mol. The zero-order valence-corrected chi connectivity index (χ0v) is 14.7. The van der Waals surface area contributed by atoms with Crippen molar-refractivity contribution in [3.05, 3.63) is 35.2 Å². The molecule has 0 unspecified atom stereocenters. The molecule has 132 valence electrons. The Morgan fingerprint density at radius 3 is 2.80 bits per heavy atom. The number of thiazole rings is 1. The molecule has 0 saturated carbocycles. The van der Waals surface area contributed by atoms with E-state index < -0.39 is 6.61 Å². The predicted molar refractivity (Wildman–Crippen MR) is 91.6 cm³/mol. The summed E-state index contributed by atoms with van der Waals surface area (Å²) in [5.74, 6) is -0.238. The van der Waals surface area contributed by atoms with Gasteiger partial charge in [-0.15, -0.1) is 0 Å². The molecule has 6 nitrogen and oxygen atoms in total. The molecule has 3 aromatic rings. The van der Waals surface area contributed by atoms with Crippen molar-refractivity contribution >= 4 is 32.6 Å². The number of hydrogen-bond acceptors (Lipinski definition) is 5. The highest BCUT2D eigenvalue weighted by molar-refractivity contribution is 7.22. The zero-order valence-electron chi connectivity index (χ0n) is 13.8. The van der Waals surface area contributed by atoms with E-state index in [1.807, 2.05) is 13.8 Å². The topological polar surface area (TPSA) is 69.0 Å². The number of hydrogen-bond donors (Lipinski definition) is 1. The molecular weight excluding hydrogens is 350 g/mol. The lowest BCUT2D eigenvalue weighted by Gasteiger charge is -2.02. The summed E-state index contributed by atoms with van der Waals surface area (Å²) in [4.78, 5) is 16.9. The van der Waals surface area contributed by atoms with Gasteiger partial charge in [-0.1, -0.05) is 11.3 Å². The van der Waals surface area contributed by atoms with Gasteiger partial charge in [-0.05, 0) is 39.0 Å². The number of carbonyl (C=O) groups excluding carboxylic acids is 1. The summed E-state index contributed by atoms with van der Waals surface area (Å²) in [7, 11) is 0. The fourth-order valence-corrected chi connectivity index (χ4v) is 3.52. The molecule has 25 heavy (non-hydrogen) atoms. The number of anilines is 1. The lowest BCUT2D eigenvalue weighted by molar-refractivity contribution is -0.0497. The first-order chi connectivity index (χ1) is 11.9. The van der Waals surface area contributed by atoms with Gasteiger partial charge in [-0.3, -0.25) is 14.8 Å². The number of carbonyl (C=O) groups is 1. The molecule has 2 heterocycles. The largest absolute Gasteiger partial charge is 0.435 e. The molecule has 0 bridgehead atoms. The number of benzene rings is 1. The highest BCUT2D eigenvalue weighted by Gasteiger charge is 2.19. The van der Waals surface area contributed by atoms with Crippen LogP contribution in [0.5, 0.6) is 5.75 Å². The lowest BCUT2D eigenvalue weighted by Crippen LogP contribution is -2.14. The first-order valence-corrected chi connectivity index (χ1v) is 8.41. The second-order valence-electron chi connectivity index (χ2n) is 5.34. The van der Waals surface area contributed by atoms with Gasteiger partial charge in [-0.2, -0.15) is 13.9 Å². The molecule has 2 aromatic heterocycles. The minimum absolute atomic E-state index is 0.0555. The smallest absolute Gasteiger partial charge is 0.387 e. The zero-order chi connectivity index (χ0) is 18.1. The van der Waals surface area contributed by atoms with E-state index in [-0.39, 0.29) is 11.7 Å². The van der Waals surface area contributed by atoms with E-state index in [0.29, 0.717) is 33.2 Å². The van der Waals surface area contributed by atoms with Gasteiger partial charge < -0.3 is 4.74 Å². The van der Waals surface area contributed by atoms with Crippen LogP contribution in [0.15, 0.2) is 18.2 Å². The third kappa shape index (κ3) is 3.46. The van der Waals surface area contributed by atoms with Crippen molar-refractivity contribution in [3.63, 3.8) is 0 Å². The van der Waals surface area contributed by atoms with E-state index >= 15 is 0 Å². The molecule has 9 heteroatoms. The van der Waals surface area contributed by atoms with E-state index in [4.69, 9.17) is 0 Å². The van der Waals surface area contributed by atoms with Crippen molar-refractivity contribution < 1.29 is 18.3 Å². The highest BCUT2D eigenvalue weighted by atomic mass is 32.1. The molecular formula is C16H16F2N4O2S. The first kappa shape index (κ1) is 17.3. The first-order valence-electron chi connectivity index (χ1n) is 7.59. The molecule has 1 N–H and O–H groups in total. The van der Waals surface area contributed by atoms with Crippen LogP contribution in [-0.2, 0) is 6.54 Å². The molecule has 1 aromatic carbocycles. The molecule has 0 aliphatic rings. The van der Waals surface area contributed by atoms with Gasteiger partial charge in [0.05, 0.1) is 21.5 Å². The molecule has 3 rings (SSSR count). The number of aryl methyl sites for hydroxylation is 2. The minimum Gasteiger partial charge on any atom is -0.435 e. The number of nitrogens with zero attached hydrogens (tertiary/aromatic N) is 3. The van der Waals surface area contributed by atoms with Crippen LogP contribution in [0.1, 0.15) is 28.7 Å². The van der Waals surface area contributed by atoms with Crippen LogP contribution in [0, 0.1) is 13.8 Å². The Bertz CT molecular complexity index is 936. The number of nitrogens with one attached hydrogen (secondary N) is 1. The van der Waals surface area contributed by atoms with E-state index in [1.54, 1.807) is 17.7 Å². The quantitative estimate of drug-likeness (QED) is 0.741. The Labute approximate surface area is 146 Å². The minimum atomic E-state index is -2.88. The standard InChI is InChI=1S/C16H16F2N4O2S/c1-4-22-9(3)13(8(2)21-22)14(23)20-16-19-11-6-5-10(24-15(17)18)7-12(11)25-16/h5-7,15H,4H2,1-3H3,(H,19,20,23). The van der Waals surface area contributed by atoms with Crippen LogP contribution in [0.4, 0.5) is 13.9 Å². The molecule has 1 amide bonds. The van der Waals surface area contributed by atoms with E-state index in [9.17, 15) is 13.6 Å². The summed E-state index contributed by atoms with van der Waals surface area (Å²) < 4.78 is 31.4. The third-order valence-corrected chi connectivity index (χ3v) is 4.65. The van der Waals surface area contributed by atoms with E-state index in [2.05, 4.69) is 20.1 Å². The van der Waals surface area contributed by atoms with Gasteiger partial charge in [0, 0.05) is 12.2 Å². The average Bonchev–Trinajstić information content (AvgIpc) is 3.05. The molecule has 0 saturated heterocycles. The average molecular weight is 366 g/mol. The summed E-state index contributed by atoms with van der Waals surface area (Å²) in [6.07, 6.45) is 0. The lowest BCUT2D eigenvalue weighted by atomic mass is 10.2. The van der Waals surface area contributed by atoms with Crippen LogP contribution in [0.25, 0.3) is 10.2 Å². The molecule has 0 aliphatic heterocycles. The Balaban J connectivity index is 1.85. The van der Waals surface area contributed by atoms with Gasteiger partial charge >= 0.3 is 6.61 Å². The number of aromatic nitrogens is 3. The van der Waals surface area contributed by atoms with Crippen LogP contribution >= 0.6 is 11.3 Å². The second kappa shape index (κ2) is 6.75. The van der Waals surface area contributed by atoms with Gasteiger partial charge in [0.2, 0.25) is 0 Å². The maximum absolute atomic E-state index is 12.6. The number of alkyl halides is 2. The van der Waals surface area contributed by atoms with Gasteiger partial charge in [0.1, 0.15) is 5.75 Å². The Hall–Kier alpha value is -2.55. The van der Waals surface area contributed by atoms with Gasteiger partial charge in [0.25, 0.3) is 5.91 Å². The Morgan fingerprint density at radius 1 is 1.40 bits per heavy atom. The molecule has 0 aliphatic carbocycles. The van der Waals surface area contributed by atoms with Crippen LogP contribution in [-0.4, -0.2) is 27.3 Å². The predicted octanol–water partition coefficient (Wildman–Crippen LogP) is 3.98. The van der Waals surface area contributed by atoms with Crippen LogP contribution < -0.4 is 10.1 Å².